The first-order chi connectivity index (χ1) is 6.13. The molecule has 0 aromatic carbocycles. The third kappa shape index (κ3) is 3.06. The van der Waals surface area contributed by atoms with Gasteiger partial charge in [-0.05, 0) is 20.8 Å². The van der Waals surface area contributed by atoms with Gasteiger partial charge in [0.15, 0.2) is 0 Å². The molecule has 1 heterocycles. The topological polar surface area (TPSA) is 45.2 Å². The lowest BCUT2D eigenvalue weighted by Crippen LogP contribution is -2.31. The largest absolute Gasteiger partial charge is 0.395 e. The highest BCUT2D eigenvalue weighted by Crippen LogP contribution is 2.19. The fraction of sp³-hybridized carbons (Fsp3) is 0.667. The zero-order valence-corrected chi connectivity index (χ0v) is 9.06. The van der Waals surface area contributed by atoms with Crippen molar-refractivity contribution in [2.75, 3.05) is 6.61 Å². The fourth-order valence-corrected chi connectivity index (χ4v) is 1.94. The molecule has 3 nitrogen and oxygen atoms in total. The Kier molecular flexibility index (Phi) is 3.84. The highest BCUT2D eigenvalue weighted by atomic mass is 32.1. The van der Waals surface area contributed by atoms with E-state index in [2.05, 4.69) is 17.2 Å². The van der Waals surface area contributed by atoms with Gasteiger partial charge in [-0.25, -0.2) is 4.98 Å². The molecule has 0 aliphatic rings. The molecule has 13 heavy (non-hydrogen) atoms. The van der Waals surface area contributed by atoms with Gasteiger partial charge in [0.05, 0.1) is 11.6 Å². The maximum Gasteiger partial charge on any atom is 0.0897 e. The molecule has 0 radical (unpaired) electrons. The Hall–Kier alpha value is -0.450. The first kappa shape index (κ1) is 10.6. The Labute approximate surface area is 82.8 Å². The number of rotatable bonds is 4. The molecule has 0 bridgehead atoms. The van der Waals surface area contributed by atoms with Gasteiger partial charge in [0, 0.05) is 23.2 Å². The summed E-state index contributed by atoms with van der Waals surface area (Å²) in [7, 11) is 0. The highest BCUT2D eigenvalue weighted by molar-refractivity contribution is 7.11. The van der Waals surface area contributed by atoms with E-state index in [4.69, 9.17) is 5.11 Å². The summed E-state index contributed by atoms with van der Waals surface area (Å²) in [6.07, 6.45) is 1.89. The number of aliphatic hydroxyl groups is 1. The number of nitrogens with zero attached hydrogens (tertiary/aromatic N) is 1. The van der Waals surface area contributed by atoms with Crippen molar-refractivity contribution in [2.24, 2.45) is 0 Å². The molecule has 2 unspecified atom stereocenters. The van der Waals surface area contributed by atoms with E-state index in [-0.39, 0.29) is 18.7 Å². The van der Waals surface area contributed by atoms with E-state index < -0.39 is 0 Å². The summed E-state index contributed by atoms with van der Waals surface area (Å²) >= 11 is 1.69. The Morgan fingerprint density at radius 3 is 2.77 bits per heavy atom. The molecule has 2 N–H and O–H groups in total. The average molecular weight is 200 g/mol. The lowest BCUT2D eigenvalue weighted by atomic mass is 10.2. The van der Waals surface area contributed by atoms with Gasteiger partial charge in [0.2, 0.25) is 0 Å². The SMILES string of the molecule is Cc1ncc(C(C)NC(C)CO)s1. The van der Waals surface area contributed by atoms with E-state index in [0.717, 1.165) is 5.01 Å². The maximum atomic E-state index is 8.86. The number of aryl methyl sites for hydroxylation is 1. The van der Waals surface area contributed by atoms with Gasteiger partial charge in [-0.1, -0.05) is 0 Å². The summed E-state index contributed by atoms with van der Waals surface area (Å²) in [6.45, 7) is 6.21. The second-order valence-electron chi connectivity index (χ2n) is 3.25. The number of hydrogen-bond donors (Lipinski definition) is 2. The van der Waals surface area contributed by atoms with E-state index >= 15 is 0 Å². The number of aromatic nitrogens is 1. The Morgan fingerprint density at radius 2 is 2.31 bits per heavy atom. The number of nitrogens with one attached hydrogen (secondary N) is 1. The third-order valence-corrected chi connectivity index (χ3v) is 2.97. The maximum absolute atomic E-state index is 8.86. The molecule has 2 atom stereocenters. The van der Waals surface area contributed by atoms with Crippen LogP contribution < -0.4 is 5.32 Å². The zero-order valence-electron chi connectivity index (χ0n) is 8.24. The van der Waals surface area contributed by atoms with Crippen LogP contribution in [0.5, 0.6) is 0 Å². The molecule has 0 aliphatic carbocycles. The van der Waals surface area contributed by atoms with Crippen LogP contribution in [0.15, 0.2) is 6.20 Å². The summed E-state index contributed by atoms with van der Waals surface area (Å²) in [5, 5.41) is 13.2. The van der Waals surface area contributed by atoms with Gasteiger partial charge in [-0.15, -0.1) is 11.3 Å². The normalized spacial score (nSPS) is 15.7. The molecule has 0 saturated heterocycles. The molecule has 4 heteroatoms. The Morgan fingerprint density at radius 1 is 1.62 bits per heavy atom. The van der Waals surface area contributed by atoms with Crippen molar-refractivity contribution in [2.45, 2.75) is 32.9 Å². The summed E-state index contributed by atoms with van der Waals surface area (Å²) in [5.41, 5.74) is 0. The molecule has 0 spiro atoms. The van der Waals surface area contributed by atoms with Crippen LogP contribution in [0.2, 0.25) is 0 Å². The van der Waals surface area contributed by atoms with Crippen molar-refractivity contribution >= 4 is 11.3 Å². The molecule has 1 aromatic rings. The van der Waals surface area contributed by atoms with Gasteiger partial charge < -0.3 is 10.4 Å². The smallest absolute Gasteiger partial charge is 0.0897 e. The standard InChI is InChI=1S/C9H16N2OS/c1-6(5-12)11-7(2)9-4-10-8(3)13-9/h4,6-7,11-12H,5H2,1-3H3. The lowest BCUT2D eigenvalue weighted by molar-refractivity contribution is 0.243. The predicted molar refractivity (Wildman–Crippen MR) is 54.9 cm³/mol. The monoisotopic (exact) mass is 200 g/mol. The molecule has 1 rings (SSSR count). The van der Waals surface area contributed by atoms with Crippen LogP contribution in [0.4, 0.5) is 0 Å². The first-order valence-corrected chi connectivity index (χ1v) is 5.24. The minimum atomic E-state index is 0.136. The quantitative estimate of drug-likeness (QED) is 0.774. The van der Waals surface area contributed by atoms with Crippen LogP contribution >= 0.6 is 11.3 Å². The molecular weight excluding hydrogens is 184 g/mol. The third-order valence-electron chi connectivity index (χ3n) is 1.87. The van der Waals surface area contributed by atoms with Crippen LogP contribution in [0.3, 0.4) is 0 Å². The summed E-state index contributed by atoms with van der Waals surface area (Å²) < 4.78 is 0. The van der Waals surface area contributed by atoms with Crippen molar-refractivity contribution in [1.82, 2.24) is 10.3 Å². The van der Waals surface area contributed by atoms with Gasteiger partial charge in [-0.3, -0.25) is 0 Å². The summed E-state index contributed by atoms with van der Waals surface area (Å²) in [6, 6.07) is 0.408. The molecule has 0 saturated carbocycles. The van der Waals surface area contributed by atoms with Crippen molar-refractivity contribution in [3.05, 3.63) is 16.1 Å². The first-order valence-electron chi connectivity index (χ1n) is 4.42. The van der Waals surface area contributed by atoms with Crippen LogP contribution in [0, 0.1) is 6.92 Å². The van der Waals surface area contributed by atoms with Crippen molar-refractivity contribution in [3.63, 3.8) is 0 Å². The van der Waals surface area contributed by atoms with Gasteiger partial charge in [0.25, 0.3) is 0 Å². The number of aliphatic hydroxyl groups excluding tert-OH is 1. The van der Waals surface area contributed by atoms with Gasteiger partial charge in [0.1, 0.15) is 0 Å². The summed E-state index contributed by atoms with van der Waals surface area (Å²) in [5.74, 6) is 0. The van der Waals surface area contributed by atoms with Crippen LogP contribution in [-0.4, -0.2) is 22.7 Å². The van der Waals surface area contributed by atoms with Crippen molar-refractivity contribution in [3.8, 4) is 0 Å². The molecule has 0 aliphatic heterocycles. The predicted octanol–water partition coefficient (Wildman–Crippen LogP) is 1.48. The average Bonchev–Trinajstić information content (AvgIpc) is 2.51. The molecular formula is C9H16N2OS. The van der Waals surface area contributed by atoms with Crippen LogP contribution in [-0.2, 0) is 0 Å². The number of hydrogen-bond acceptors (Lipinski definition) is 4. The minimum Gasteiger partial charge on any atom is -0.395 e. The van der Waals surface area contributed by atoms with Crippen molar-refractivity contribution < 1.29 is 5.11 Å². The Bertz CT molecular complexity index is 262. The highest BCUT2D eigenvalue weighted by Gasteiger charge is 2.10. The summed E-state index contributed by atoms with van der Waals surface area (Å²) in [4.78, 5) is 5.41. The van der Waals surface area contributed by atoms with Gasteiger partial charge >= 0.3 is 0 Å². The second kappa shape index (κ2) is 4.69. The molecule has 1 aromatic heterocycles. The second-order valence-corrected chi connectivity index (χ2v) is 4.52. The van der Waals surface area contributed by atoms with E-state index in [1.165, 1.54) is 4.88 Å². The van der Waals surface area contributed by atoms with E-state index in [0.29, 0.717) is 0 Å². The Balaban J connectivity index is 2.53. The van der Waals surface area contributed by atoms with E-state index in [1.54, 1.807) is 11.3 Å². The van der Waals surface area contributed by atoms with Crippen LogP contribution in [0.1, 0.15) is 29.8 Å². The molecule has 0 fully saturated rings. The minimum absolute atomic E-state index is 0.136. The lowest BCUT2D eigenvalue weighted by Gasteiger charge is -2.16. The fourth-order valence-electron chi connectivity index (χ4n) is 1.14. The molecule has 0 amide bonds. The zero-order chi connectivity index (χ0) is 9.84. The van der Waals surface area contributed by atoms with Gasteiger partial charge in [-0.2, -0.15) is 0 Å². The molecule has 74 valence electrons. The van der Waals surface area contributed by atoms with E-state index in [1.807, 2.05) is 20.0 Å². The van der Waals surface area contributed by atoms with Crippen LogP contribution in [0.25, 0.3) is 0 Å². The number of thiazole rings is 1. The van der Waals surface area contributed by atoms with Crippen molar-refractivity contribution in [1.29, 1.82) is 0 Å². The van der Waals surface area contributed by atoms with E-state index in [9.17, 15) is 0 Å².